The van der Waals surface area contributed by atoms with E-state index in [-0.39, 0.29) is 0 Å². The van der Waals surface area contributed by atoms with Crippen molar-refractivity contribution in [2.75, 3.05) is 13.2 Å². The van der Waals surface area contributed by atoms with Gasteiger partial charge >= 0.3 is 0 Å². The van der Waals surface area contributed by atoms with Crippen LogP contribution in [0.1, 0.15) is 18.1 Å². The lowest BCUT2D eigenvalue weighted by atomic mass is 10.0. The first kappa shape index (κ1) is 18.9. The number of allylic oxidation sites excluding steroid dienone is 1. The molecule has 2 rings (SSSR count). The van der Waals surface area contributed by atoms with E-state index >= 15 is 0 Å². The predicted octanol–water partition coefficient (Wildman–Crippen LogP) is 6.02. The first-order chi connectivity index (χ1) is 12.1. The van der Waals surface area contributed by atoms with Gasteiger partial charge in [-0.15, -0.1) is 0 Å². The van der Waals surface area contributed by atoms with Crippen LogP contribution in [0.25, 0.3) is 11.6 Å². The maximum Gasteiger partial charge on any atom is 0.180 e. The van der Waals surface area contributed by atoms with E-state index in [4.69, 9.17) is 32.7 Å². The Kier molecular flexibility index (Phi) is 6.94. The van der Waals surface area contributed by atoms with Gasteiger partial charge in [-0.25, -0.2) is 0 Å². The number of ether oxygens (including phenoxy) is 2. The molecule has 0 aromatic heterocycles. The van der Waals surface area contributed by atoms with Gasteiger partial charge in [-0.05, 0) is 48.4 Å². The van der Waals surface area contributed by atoms with Crippen molar-refractivity contribution in [1.82, 2.24) is 0 Å². The van der Waals surface area contributed by atoms with E-state index in [1.165, 1.54) is 0 Å². The summed E-state index contributed by atoms with van der Waals surface area (Å²) < 4.78 is 11.2. The molecule has 2 aromatic rings. The van der Waals surface area contributed by atoms with Gasteiger partial charge in [-0.1, -0.05) is 48.0 Å². The molecule has 0 radical (unpaired) electrons. The van der Waals surface area contributed by atoms with Crippen LogP contribution in [-0.2, 0) is 0 Å². The van der Waals surface area contributed by atoms with Crippen LogP contribution >= 0.6 is 23.2 Å². The number of halogens is 2. The molecule has 0 amide bonds. The van der Waals surface area contributed by atoms with Crippen LogP contribution in [0.15, 0.2) is 49.1 Å². The van der Waals surface area contributed by atoms with Crippen molar-refractivity contribution in [1.29, 1.82) is 5.26 Å². The highest BCUT2D eigenvalue weighted by Crippen LogP contribution is 2.37. The van der Waals surface area contributed by atoms with Crippen molar-refractivity contribution in [2.24, 2.45) is 0 Å². The molecule has 0 saturated heterocycles. The Morgan fingerprint density at radius 3 is 2.52 bits per heavy atom. The molecule has 5 heteroatoms. The molecule has 0 N–H and O–H groups in total. The van der Waals surface area contributed by atoms with Gasteiger partial charge in [0.15, 0.2) is 11.5 Å². The highest BCUT2D eigenvalue weighted by molar-refractivity contribution is 6.32. The Bertz CT molecular complexity index is 821. The van der Waals surface area contributed by atoms with Crippen molar-refractivity contribution >= 4 is 34.9 Å². The molecule has 0 heterocycles. The van der Waals surface area contributed by atoms with Gasteiger partial charge in [0.2, 0.25) is 0 Å². The van der Waals surface area contributed by atoms with Crippen LogP contribution in [-0.4, -0.2) is 13.2 Å². The van der Waals surface area contributed by atoms with Crippen LogP contribution < -0.4 is 9.47 Å². The van der Waals surface area contributed by atoms with Gasteiger partial charge in [0.05, 0.1) is 23.3 Å². The van der Waals surface area contributed by atoms with E-state index in [9.17, 15) is 5.26 Å². The number of nitriles is 1. The number of hydrogen-bond acceptors (Lipinski definition) is 3. The van der Waals surface area contributed by atoms with E-state index in [1.807, 2.05) is 6.92 Å². The summed E-state index contributed by atoms with van der Waals surface area (Å²) in [6.07, 6.45) is 3.38. The Morgan fingerprint density at radius 2 is 1.92 bits per heavy atom. The maximum absolute atomic E-state index is 9.47. The van der Waals surface area contributed by atoms with Crippen molar-refractivity contribution in [3.8, 4) is 17.6 Å². The molecule has 128 valence electrons. The molecule has 2 aromatic carbocycles. The zero-order chi connectivity index (χ0) is 18.2. The molecule has 3 nitrogen and oxygen atoms in total. The summed E-state index contributed by atoms with van der Waals surface area (Å²) in [6, 6.07) is 12.8. The molecule has 0 unspecified atom stereocenters. The molecule has 0 fully saturated rings. The topological polar surface area (TPSA) is 42.2 Å². The van der Waals surface area contributed by atoms with Gasteiger partial charge in [-0.2, -0.15) is 5.26 Å². The van der Waals surface area contributed by atoms with Gasteiger partial charge in [0.25, 0.3) is 0 Å². The van der Waals surface area contributed by atoms with E-state index in [2.05, 4.69) is 12.6 Å². The summed E-state index contributed by atoms with van der Waals surface area (Å²) in [4.78, 5) is 0. The quantitative estimate of drug-likeness (QED) is 0.338. The SMILES string of the molecule is C=CCOc1c(Cl)cc(/C=C(\C#N)c2ccc(Cl)cc2)cc1OCC. The monoisotopic (exact) mass is 373 g/mol. The van der Waals surface area contributed by atoms with Crippen LogP contribution in [0.3, 0.4) is 0 Å². The lowest BCUT2D eigenvalue weighted by Gasteiger charge is -2.13. The summed E-state index contributed by atoms with van der Waals surface area (Å²) in [5.74, 6) is 0.988. The van der Waals surface area contributed by atoms with Gasteiger partial charge in [-0.3, -0.25) is 0 Å². The maximum atomic E-state index is 9.47. The Hall–Kier alpha value is -2.41. The second-order valence-corrected chi connectivity index (χ2v) is 5.88. The van der Waals surface area contributed by atoms with Crippen LogP contribution in [0.2, 0.25) is 10.0 Å². The summed E-state index contributed by atoms with van der Waals surface area (Å²) >= 11 is 12.2. The molecule has 0 aliphatic heterocycles. The highest BCUT2D eigenvalue weighted by Gasteiger charge is 2.12. The minimum atomic E-state index is 0.323. The van der Waals surface area contributed by atoms with Crippen molar-refractivity contribution in [3.63, 3.8) is 0 Å². The third-order valence-electron chi connectivity index (χ3n) is 3.26. The number of rotatable bonds is 7. The summed E-state index contributed by atoms with van der Waals surface area (Å²) in [5.41, 5.74) is 2.01. The van der Waals surface area contributed by atoms with Crippen molar-refractivity contribution in [3.05, 3.63) is 70.2 Å². The van der Waals surface area contributed by atoms with E-state index in [0.717, 1.165) is 11.1 Å². The van der Waals surface area contributed by atoms with Crippen LogP contribution in [0.4, 0.5) is 0 Å². The summed E-state index contributed by atoms with van der Waals surface area (Å²) in [6.45, 7) is 6.29. The minimum Gasteiger partial charge on any atom is -0.490 e. The van der Waals surface area contributed by atoms with Gasteiger partial charge in [0.1, 0.15) is 6.61 Å². The smallest absolute Gasteiger partial charge is 0.180 e. The van der Waals surface area contributed by atoms with Crippen LogP contribution in [0, 0.1) is 11.3 Å². The predicted molar refractivity (Wildman–Crippen MR) is 103 cm³/mol. The first-order valence-electron chi connectivity index (χ1n) is 7.66. The lowest BCUT2D eigenvalue weighted by Crippen LogP contribution is -2.00. The fourth-order valence-corrected chi connectivity index (χ4v) is 2.59. The second-order valence-electron chi connectivity index (χ2n) is 5.04. The Labute approximate surface area is 157 Å². The molecule has 0 saturated carbocycles. The summed E-state index contributed by atoms with van der Waals surface area (Å²) in [5, 5.41) is 10.5. The lowest BCUT2D eigenvalue weighted by molar-refractivity contribution is 0.297. The molecular weight excluding hydrogens is 357 g/mol. The Morgan fingerprint density at radius 1 is 1.20 bits per heavy atom. The number of benzene rings is 2. The normalized spacial score (nSPS) is 10.9. The number of hydrogen-bond donors (Lipinski definition) is 0. The third kappa shape index (κ3) is 5.03. The highest BCUT2D eigenvalue weighted by atomic mass is 35.5. The third-order valence-corrected chi connectivity index (χ3v) is 3.80. The van der Waals surface area contributed by atoms with Gasteiger partial charge in [0, 0.05) is 5.02 Å². The van der Waals surface area contributed by atoms with Gasteiger partial charge < -0.3 is 9.47 Å². The molecule has 25 heavy (non-hydrogen) atoms. The largest absolute Gasteiger partial charge is 0.490 e. The zero-order valence-electron chi connectivity index (χ0n) is 13.8. The second kappa shape index (κ2) is 9.17. The number of nitrogens with zero attached hydrogens (tertiary/aromatic N) is 1. The van der Waals surface area contributed by atoms with E-state index < -0.39 is 0 Å². The average Bonchev–Trinajstić information content (AvgIpc) is 2.60. The molecule has 0 bridgehead atoms. The first-order valence-corrected chi connectivity index (χ1v) is 8.42. The van der Waals surface area contributed by atoms with Crippen LogP contribution in [0.5, 0.6) is 11.5 Å². The Balaban J connectivity index is 2.45. The van der Waals surface area contributed by atoms with Crippen molar-refractivity contribution in [2.45, 2.75) is 6.92 Å². The zero-order valence-corrected chi connectivity index (χ0v) is 15.3. The van der Waals surface area contributed by atoms with Crippen molar-refractivity contribution < 1.29 is 9.47 Å². The van der Waals surface area contributed by atoms with E-state index in [0.29, 0.717) is 40.3 Å². The average molecular weight is 374 g/mol. The molecular formula is C20H17Cl2NO2. The molecule has 0 aliphatic rings. The fourth-order valence-electron chi connectivity index (χ4n) is 2.19. The fraction of sp³-hybridized carbons (Fsp3) is 0.150. The minimum absolute atomic E-state index is 0.323. The standard InChI is InChI=1S/C20H17Cl2NO2/c1-3-9-25-20-18(22)11-14(12-19(20)24-4-2)10-16(13-23)15-5-7-17(21)8-6-15/h3,5-8,10-12H,1,4,9H2,2H3/b16-10+. The molecule has 0 aliphatic carbocycles. The summed E-state index contributed by atoms with van der Waals surface area (Å²) in [7, 11) is 0. The molecule has 0 atom stereocenters. The molecule has 0 spiro atoms. The van der Waals surface area contributed by atoms with E-state index in [1.54, 1.807) is 48.6 Å².